The molecule has 24 heavy (non-hydrogen) atoms. The van der Waals surface area contributed by atoms with Crippen LogP contribution in [0.3, 0.4) is 0 Å². The van der Waals surface area contributed by atoms with E-state index in [-0.39, 0.29) is 24.7 Å². The van der Waals surface area contributed by atoms with E-state index in [4.69, 9.17) is 4.74 Å². The summed E-state index contributed by atoms with van der Waals surface area (Å²) < 4.78 is 5.17. The number of hydrogen-bond acceptors (Lipinski definition) is 7. The standard InChI is InChI=1S/C14H21N5O4S/c1-14(2,3)23-12(20)15-6-10-16-17-11(24-10)9-5-4-8-7-18(9)13(21)19(8)22/h8-9,22H,4-7H2,1-3H3,(H,15,20)/t8-,9+/m1/s1. The largest absolute Gasteiger partial charge is 0.444 e. The Hall–Kier alpha value is -1.94. The van der Waals surface area contributed by atoms with Crippen LogP contribution in [0, 0.1) is 0 Å². The molecular formula is C14H21N5O4S. The van der Waals surface area contributed by atoms with E-state index in [1.807, 2.05) is 0 Å². The Morgan fingerprint density at radius 3 is 2.88 bits per heavy atom. The minimum absolute atomic E-state index is 0.130. The predicted molar refractivity (Wildman–Crippen MR) is 84.5 cm³/mol. The van der Waals surface area contributed by atoms with Crippen LogP contribution in [0.2, 0.25) is 0 Å². The molecule has 2 bridgehead atoms. The van der Waals surface area contributed by atoms with Crippen LogP contribution in [0.25, 0.3) is 0 Å². The average molecular weight is 355 g/mol. The van der Waals surface area contributed by atoms with Gasteiger partial charge >= 0.3 is 12.1 Å². The summed E-state index contributed by atoms with van der Waals surface area (Å²) in [6, 6.07) is -0.681. The lowest BCUT2D eigenvalue weighted by Crippen LogP contribution is -2.33. The number of carbonyl (C=O) groups is 2. The maximum absolute atomic E-state index is 12.0. The van der Waals surface area contributed by atoms with E-state index in [2.05, 4.69) is 15.5 Å². The van der Waals surface area contributed by atoms with Crippen molar-refractivity contribution in [2.75, 3.05) is 6.54 Å². The molecule has 1 aromatic rings. The van der Waals surface area contributed by atoms with Gasteiger partial charge in [-0.3, -0.25) is 5.21 Å². The molecule has 2 atom stereocenters. The first-order valence-corrected chi connectivity index (χ1v) is 8.64. The first-order chi connectivity index (χ1) is 11.2. The summed E-state index contributed by atoms with van der Waals surface area (Å²) in [6.07, 6.45) is 0.959. The summed E-state index contributed by atoms with van der Waals surface area (Å²) in [5.74, 6) is 0. The summed E-state index contributed by atoms with van der Waals surface area (Å²) >= 11 is 1.35. The summed E-state index contributed by atoms with van der Waals surface area (Å²) in [4.78, 5) is 25.3. The molecule has 1 aromatic heterocycles. The molecule has 0 aliphatic carbocycles. The first-order valence-electron chi connectivity index (χ1n) is 7.82. The number of piperidine rings is 1. The molecule has 3 heterocycles. The van der Waals surface area contributed by atoms with Crippen LogP contribution in [0.5, 0.6) is 0 Å². The molecule has 0 aromatic carbocycles. The number of hydroxylamine groups is 2. The van der Waals surface area contributed by atoms with E-state index >= 15 is 0 Å². The molecule has 2 aliphatic heterocycles. The highest BCUT2D eigenvalue weighted by atomic mass is 32.1. The lowest BCUT2D eigenvalue weighted by atomic mass is 10.0. The monoisotopic (exact) mass is 355 g/mol. The summed E-state index contributed by atoms with van der Waals surface area (Å²) in [5, 5.41) is 22.8. The number of hydrogen-bond donors (Lipinski definition) is 2. The molecule has 0 spiro atoms. The second-order valence-corrected chi connectivity index (χ2v) is 8.01. The van der Waals surface area contributed by atoms with Gasteiger partial charge in [-0.2, -0.15) is 0 Å². The molecule has 2 aliphatic rings. The summed E-state index contributed by atoms with van der Waals surface area (Å²) in [5.41, 5.74) is -0.554. The third kappa shape index (κ3) is 3.44. The third-order valence-electron chi connectivity index (χ3n) is 3.89. The summed E-state index contributed by atoms with van der Waals surface area (Å²) in [6.45, 7) is 6.11. The molecule has 2 N–H and O–H groups in total. The van der Waals surface area contributed by atoms with Crippen LogP contribution >= 0.6 is 11.3 Å². The highest BCUT2D eigenvalue weighted by Gasteiger charge is 2.45. The summed E-state index contributed by atoms with van der Waals surface area (Å²) in [7, 11) is 0. The zero-order valence-corrected chi connectivity index (χ0v) is 14.7. The SMILES string of the molecule is CC(C)(C)OC(=O)NCc1nnc([C@@H]2CC[C@@H]3CN2C(=O)N3O)s1. The molecular weight excluding hydrogens is 334 g/mol. The van der Waals surface area contributed by atoms with E-state index in [1.54, 1.807) is 25.7 Å². The number of urea groups is 1. The smallest absolute Gasteiger partial charge is 0.408 e. The first kappa shape index (κ1) is 16.9. The predicted octanol–water partition coefficient (Wildman–Crippen LogP) is 1.89. The highest BCUT2D eigenvalue weighted by molar-refractivity contribution is 7.11. The van der Waals surface area contributed by atoms with Gasteiger partial charge in [-0.25, -0.2) is 14.7 Å². The number of alkyl carbamates (subject to hydrolysis) is 1. The van der Waals surface area contributed by atoms with Crippen LogP contribution in [-0.4, -0.2) is 55.7 Å². The fraction of sp³-hybridized carbons (Fsp3) is 0.714. The van der Waals surface area contributed by atoms with Crippen LogP contribution in [0.15, 0.2) is 0 Å². The number of ether oxygens (including phenoxy) is 1. The molecule has 0 unspecified atom stereocenters. The van der Waals surface area contributed by atoms with Crippen molar-refractivity contribution in [3.63, 3.8) is 0 Å². The molecule has 9 nitrogen and oxygen atoms in total. The minimum atomic E-state index is -0.554. The van der Waals surface area contributed by atoms with E-state index in [0.29, 0.717) is 11.6 Å². The van der Waals surface area contributed by atoms with E-state index < -0.39 is 11.7 Å². The van der Waals surface area contributed by atoms with Gasteiger partial charge in [0.1, 0.15) is 15.6 Å². The van der Waals surface area contributed by atoms with Gasteiger partial charge in [0.05, 0.1) is 18.6 Å². The number of amides is 3. The third-order valence-corrected chi connectivity index (χ3v) is 4.92. The number of rotatable bonds is 3. The van der Waals surface area contributed by atoms with Crippen molar-refractivity contribution in [3.8, 4) is 0 Å². The Morgan fingerprint density at radius 2 is 2.17 bits per heavy atom. The van der Waals surface area contributed by atoms with Crippen molar-refractivity contribution < 1.29 is 19.5 Å². The normalized spacial score (nSPS) is 23.6. The van der Waals surface area contributed by atoms with Crippen LogP contribution in [0.1, 0.15) is 49.7 Å². The Kier molecular flexibility index (Phi) is 4.35. The van der Waals surface area contributed by atoms with E-state index in [9.17, 15) is 14.8 Å². The molecule has 0 saturated carbocycles. The van der Waals surface area contributed by atoms with E-state index in [1.165, 1.54) is 11.3 Å². The van der Waals surface area contributed by atoms with Gasteiger partial charge in [0.15, 0.2) is 0 Å². The molecule has 2 saturated heterocycles. The van der Waals surface area contributed by atoms with Gasteiger partial charge in [0.2, 0.25) is 0 Å². The Bertz CT molecular complexity index is 643. The van der Waals surface area contributed by atoms with Crippen molar-refractivity contribution in [3.05, 3.63) is 10.0 Å². The average Bonchev–Trinajstić information content (AvgIpc) is 3.05. The molecule has 2 fully saturated rings. The van der Waals surface area contributed by atoms with Crippen LogP contribution in [-0.2, 0) is 11.3 Å². The quantitative estimate of drug-likeness (QED) is 0.802. The van der Waals surface area contributed by atoms with Crippen molar-refractivity contribution in [1.82, 2.24) is 25.5 Å². The second kappa shape index (κ2) is 6.17. The van der Waals surface area contributed by atoms with Crippen LogP contribution in [0.4, 0.5) is 9.59 Å². The van der Waals surface area contributed by atoms with Crippen molar-refractivity contribution in [2.24, 2.45) is 0 Å². The maximum Gasteiger partial charge on any atom is 0.408 e. The lowest BCUT2D eigenvalue weighted by molar-refractivity contribution is -0.0584. The van der Waals surface area contributed by atoms with Gasteiger partial charge in [-0.1, -0.05) is 11.3 Å². The number of fused-ring (bicyclic) bond motifs is 2. The van der Waals surface area contributed by atoms with Crippen molar-refractivity contribution in [1.29, 1.82) is 0 Å². The van der Waals surface area contributed by atoms with Gasteiger partial charge in [0.25, 0.3) is 0 Å². The zero-order valence-electron chi connectivity index (χ0n) is 13.9. The van der Waals surface area contributed by atoms with Crippen molar-refractivity contribution >= 4 is 23.5 Å². The zero-order chi connectivity index (χ0) is 17.5. The molecule has 10 heteroatoms. The fourth-order valence-corrected chi connectivity index (χ4v) is 3.77. The van der Waals surface area contributed by atoms with Gasteiger partial charge in [-0.05, 0) is 33.6 Å². The van der Waals surface area contributed by atoms with Crippen molar-refractivity contribution in [2.45, 2.75) is 57.8 Å². The number of nitrogens with zero attached hydrogens (tertiary/aromatic N) is 4. The highest BCUT2D eigenvalue weighted by Crippen LogP contribution is 2.38. The van der Waals surface area contributed by atoms with Gasteiger partial charge < -0.3 is 15.0 Å². The van der Waals surface area contributed by atoms with E-state index in [0.717, 1.165) is 22.9 Å². The Morgan fingerprint density at radius 1 is 1.42 bits per heavy atom. The van der Waals surface area contributed by atoms with Crippen LogP contribution < -0.4 is 5.32 Å². The number of nitrogens with one attached hydrogen (secondary N) is 1. The molecule has 132 valence electrons. The maximum atomic E-state index is 12.0. The van der Waals surface area contributed by atoms with Gasteiger partial charge in [-0.15, -0.1) is 10.2 Å². The number of carbonyl (C=O) groups excluding carboxylic acids is 2. The Balaban J connectivity index is 1.60. The fourth-order valence-electron chi connectivity index (χ4n) is 2.84. The number of aromatic nitrogens is 2. The topological polar surface area (TPSA) is 108 Å². The molecule has 3 rings (SSSR count). The Labute approximate surface area is 143 Å². The van der Waals surface area contributed by atoms with Gasteiger partial charge in [0, 0.05) is 6.54 Å². The lowest BCUT2D eigenvalue weighted by Gasteiger charge is -2.28. The molecule has 0 radical (unpaired) electrons. The second-order valence-electron chi connectivity index (χ2n) is 6.92. The minimum Gasteiger partial charge on any atom is -0.444 e. The molecule has 3 amide bonds.